The third-order valence-corrected chi connectivity index (χ3v) is 3.57. The molecule has 2 rings (SSSR count). The summed E-state index contributed by atoms with van der Waals surface area (Å²) in [6, 6.07) is 2.63. The number of anilines is 1. The van der Waals surface area contributed by atoms with E-state index < -0.39 is 11.7 Å². The number of nitrogens with two attached hydrogens (primary N) is 1. The zero-order chi connectivity index (χ0) is 15.3. The van der Waals surface area contributed by atoms with Gasteiger partial charge < -0.3 is 15.8 Å². The topological polar surface area (TPSA) is 60.2 Å². The van der Waals surface area contributed by atoms with Crippen molar-refractivity contribution in [2.24, 2.45) is 5.73 Å². The molecule has 1 aromatic heterocycles. The molecule has 1 aromatic rings. The minimum absolute atomic E-state index is 0.243. The van der Waals surface area contributed by atoms with Crippen LogP contribution in [0.15, 0.2) is 18.3 Å². The number of ether oxygens (including phenoxy) is 1. The second kappa shape index (κ2) is 7.09. The van der Waals surface area contributed by atoms with Gasteiger partial charge in [-0.3, -0.25) is 0 Å². The van der Waals surface area contributed by atoms with E-state index in [0.29, 0.717) is 25.0 Å². The SMILES string of the molecule is NC1CCC(OCCNc2ccc(C(F)(F)F)cn2)CC1. The van der Waals surface area contributed by atoms with E-state index in [-0.39, 0.29) is 6.10 Å². The molecular formula is C14H20F3N3O. The Morgan fingerprint density at radius 3 is 2.52 bits per heavy atom. The van der Waals surface area contributed by atoms with Gasteiger partial charge in [-0.05, 0) is 37.8 Å². The maximum Gasteiger partial charge on any atom is 0.417 e. The van der Waals surface area contributed by atoms with Gasteiger partial charge in [-0.2, -0.15) is 13.2 Å². The summed E-state index contributed by atoms with van der Waals surface area (Å²) in [4.78, 5) is 3.74. The van der Waals surface area contributed by atoms with Gasteiger partial charge in [-0.1, -0.05) is 0 Å². The highest BCUT2D eigenvalue weighted by molar-refractivity contribution is 5.36. The largest absolute Gasteiger partial charge is 0.417 e. The van der Waals surface area contributed by atoms with Crippen molar-refractivity contribution in [3.8, 4) is 0 Å². The van der Waals surface area contributed by atoms with E-state index in [1.165, 1.54) is 6.07 Å². The molecule has 1 aliphatic carbocycles. The molecule has 0 unspecified atom stereocenters. The first-order valence-electron chi connectivity index (χ1n) is 7.09. The second-order valence-corrected chi connectivity index (χ2v) is 5.26. The van der Waals surface area contributed by atoms with Crippen LogP contribution in [0.1, 0.15) is 31.2 Å². The van der Waals surface area contributed by atoms with Gasteiger partial charge in [0.05, 0.1) is 18.3 Å². The molecule has 4 nitrogen and oxygen atoms in total. The second-order valence-electron chi connectivity index (χ2n) is 5.26. The molecule has 0 atom stereocenters. The monoisotopic (exact) mass is 303 g/mol. The molecule has 0 spiro atoms. The van der Waals surface area contributed by atoms with Crippen LogP contribution in [-0.2, 0) is 10.9 Å². The number of hydrogen-bond acceptors (Lipinski definition) is 4. The smallest absolute Gasteiger partial charge is 0.376 e. The zero-order valence-electron chi connectivity index (χ0n) is 11.7. The molecule has 0 saturated heterocycles. The molecule has 7 heteroatoms. The lowest BCUT2D eigenvalue weighted by Gasteiger charge is -2.26. The Morgan fingerprint density at radius 1 is 1.24 bits per heavy atom. The van der Waals surface area contributed by atoms with Gasteiger partial charge >= 0.3 is 6.18 Å². The summed E-state index contributed by atoms with van der Waals surface area (Å²) in [6.45, 7) is 1.02. The number of nitrogens with zero attached hydrogens (tertiary/aromatic N) is 1. The Hall–Kier alpha value is -1.34. The maximum atomic E-state index is 12.4. The minimum Gasteiger partial charge on any atom is -0.376 e. The van der Waals surface area contributed by atoms with Crippen LogP contribution in [0.25, 0.3) is 0 Å². The normalized spacial score (nSPS) is 23.0. The fourth-order valence-corrected chi connectivity index (χ4v) is 2.33. The molecule has 0 aliphatic heterocycles. The maximum absolute atomic E-state index is 12.4. The molecule has 21 heavy (non-hydrogen) atoms. The van der Waals surface area contributed by atoms with Crippen LogP contribution in [0.5, 0.6) is 0 Å². The van der Waals surface area contributed by atoms with Crippen molar-refractivity contribution in [3.63, 3.8) is 0 Å². The van der Waals surface area contributed by atoms with E-state index in [9.17, 15) is 13.2 Å². The summed E-state index contributed by atoms with van der Waals surface area (Å²) in [7, 11) is 0. The fraction of sp³-hybridized carbons (Fsp3) is 0.643. The predicted octanol–water partition coefficient (Wildman–Crippen LogP) is 2.80. The van der Waals surface area contributed by atoms with Crippen LogP contribution < -0.4 is 11.1 Å². The van der Waals surface area contributed by atoms with Crippen molar-refractivity contribution >= 4 is 5.82 Å². The average Bonchev–Trinajstić information content (AvgIpc) is 2.45. The molecule has 0 aromatic carbocycles. The van der Waals surface area contributed by atoms with Crippen molar-refractivity contribution in [2.75, 3.05) is 18.5 Å². The highest BCUT2D eigenvalue weighted by Gasteiger charge is 2.30. The number of halogens is 3. The van der Waals surface area contributed by atoms with Crippen molar-refractivity contribution in [1.82, 2.24) is 4.98 Å². The molecule has 1 heterocycles. The summed E-state index contributed by atoms with van der Waals surface area (Å²) in [5.41, 5.74) is 5.07. The third kappa shape index (κ3) is 5.17. The first kappa shape index (κ1) is 16.0. The minimum atomic E-state index is -4.35. The number of hydrogen-bond donors (Lipinski definition) is 2. The molecular weight excluding hydrogens is 283 g/mol. The Kier molecular flexibility index (Phi) is 5.41. The Balaban J connectivity index is 1.67. The molecule has 3 N–H and O–H groups in total. The fourth-order valence-electron chi connectivity index (χ4n) is 2.33. The molecule has 0 bridgehead atoms. The number of rotatable bonds is 5. The summed E-state index contributed by atoms with van der Waals surface area (Å²) in [5, 5.41) is 2.94. The van der Waals surface area contributed by atoms with Gasteiger partial charge in [0.2, 0.25) is 0 Å². The van der Waals surface area contributed by atoms with Gasteiger partial charge in [0.15, 0.2) is 0 Å². The predicted molar refractivity (Wildman–Crippen MR) is 73.9 cm³/mol. The van der Waals surface area contributed by atoms with Crippen LogP contribution in [0.2, 0.25) is 0 Å². The highest BCUT2D eigenvalue weighted by atomic mass is 19.4. The van der Waals surface area contributed by atoms with Crippen molar-refractivity contribution < 1.29 is 17.9 Å². The molecule has 0 amide bonds. The summed E-state index contributed by atoms with van der Waals surface area (Å²) >= 11 is 0. The molecule has 0 radical (unpaired) electrons. The standard InChI is InChI=1S/C14H20F3N3O/c15-14(16,17)10-1-6-13(20-9-10)19-7-8-21-12-4-2-11(18)3-5-12/h1,6,9,11-12H,2-5,7-8,18H2,(H,19,20). The lowest BCUT2D eigenvalue weighted by molar-refractivity contribution is -0.137. The lowest BCUT2D eigenvalue weighted by atomic mass is 9.94. The van der Waals surface area contributed by atoms with Gasteiger partial charge in [0.25, 0.3) is 0 Å². The van der Waals surface area contributed by atoms with Gasteiger partial charge in [-0.15, -0.1) is 0 Å². The van der Waals surface area contributed by atoms with E-state index in [2.05, 4.69) is 10.3 Å². The van der Waals surface area contributed by atoms with Crippen LogP contribution in [0, 0.1) is 0 Å². The molecule has 1 aliphatic rings. The van der Waals surface area contributed by atoms with Crippen molar-refractivity contribution in [1.29, 1.82) is 0 Å². The summed E-state index contributed by atoms with van der Waals surface area (Å²) in [6.07, 6.45) is 0.630. The Bertz CT molecular complexity index is 428. The summed E-state index contributed by atoms with van der Waals surface area (Å²) < 4.78 is 42.8. The number of pyridine rings is 1. The van der Waals surface area contributed by atoms with Crippen molar-refractivity contribution in [3.05, 3.63) is 23.9 Å². The summed E-state index contributed by atoms with van der Waals surface area (Å²) in [5.74, 6) is 0.414. The molecule has 1 fully saturated rings. The molecule has 118 valence electrons. The lowest BCUT2D eigenvalue weighted by Crippen LogP contribution is -2.31. The van der Waals surface area contributed by atoms with Crippen LogP contribution in [0.4, 0.5) is 19.0 Å². The van der Waals surface area contributed by atoms with E-state index in [4.69, 9.17) is 10.5 Å². The van der Waals surface area contributed by atoms with Crippen LogP contribution in [0.3, 0.4) is 0 Å². The number of nitrogens with one attached hydrogen (secondary N) is 1. The molecule has 1 saturated carbocycles. The Labute approximate surface area is 121 Å². The Morgan fingerprint density at radius 2 is 1.95 bits per heavy atom. The number of aromatic nitrogens is 1. The third-order valence-electron chi connectivity index (χ3n) is 3.57. The van der Waals surface area contributed by atoms with Crippen LogP contribution in [-0.4, -0.2) is 30.3 Å². The first-order valence-corrected chi connectivity index (χ1v) is 7.09. The number of alkyl halides is 3. The zero-order valence-corrected chi connectivity index (χ0v) is 11.7. The van der Waals surface area contributed by atoms with E-state index in [0.717, 1.165) is 37.9 Å². The van der Waals surface area contributed by atoms with E-state index >= 15 is 0 Å². The quantitative estimate of drug-likeness (QED) is 0.821. The van der Waals surface area contributed by atoms with E-state index in [1.807, 2.05) is 0 Å². The highest BCUT2D eigenvalue weighted by Crippen LogP contribution is 2.28. The van der Waals surface area contributed by atoms with Crippen LogP contribution >= 0.6 is 0 Å². The first-order chi connectivity index (χ1) is 9.95. The average molecular weight is 303 g/mol. The van der Waals surface area contributed by atoms with E-state index in [1.54, 1.807) is 0 Å². The van der Waals surface area contributed by atoms with Crippen molar-refractivity contribution in [2.45, 2.75) is 44.0 Å². The van der Waals surface area contributed by atoms with Gasteiger partial charge in [-0.25, -0.2) is 4.98 Å². The van der Waals surface area contributed by atoms with Gasteiger partial charge in [0.1, 0.15) is 5.82 Å². The van der Waals surface area contributed by atoms with Gasteiger partial charge in [0, 0.05) is 18.8 Å².